The highest BCUT2D eigenvalue weighted by Crippen LogP contribution is 2.10. The topological polar surface area (TPSA) is 54.4 Å². The van der Waals surface area contributed by atoms with Crippen LogP contribution in [0.4, 0.5) is 0 Å². The Bertz CT molecular complexity index is 431. The molecule has 0 amide bonds. The zero-order chi connectivity index (χ0) is 13.4. The average Bonchev–Trinajstić information content (AvgIpc) is 2.90. The molecule has 2 aromatic heterocycles. The summed E-state index contributed by atoms with van der Waals surface area (Å²) in [6, 6.07) is 7.46. The van der Waals surface area contributed by atoms with E-state index < -0.39 is 5.97 Å². The summed E-state index contributed by atoms with van der Waals surface area (Å²) in [5.41, 5.74) is 0. The number of hydrogen-bond acceptors (Lipinski definition) is 4. The lowest BCUT2D eigenvalue weighted by molar-refractivity contribution is -0.136. The minimum atomic E-state index is -0.766. The fourth-order valence-corrected chi connectivity index (χ4v) is 2.73. The summed E-state index contributed by atoms with van der Waals surface area (Å²) in [7, 11) is 0. The highest BCUT2D eigenvalue weighted by molar-refractivity contribution is 7.10. The number of hydrogen-bond donors (Lipinski definition) is 1. The number of thiophene rings is 2. The van der Waals surface area contributed by atoms with Crippen molar-refractivity contribution in [2.24, 2.45) is 0 Å². The fraction of sp³-hybridized carbons (Fsp3) is 0.167. The third-order valence-electron chi connectivity index (χ3n) is 1.80. The van der Waals surface area contributed by atoms with Crippen LogP contribution < -0.4 is 0 Å². The van der Waals surface area contributed by atoms with E-state index in [2.05, 4.69) is 0 Å². The highest BCUT2D eigenvalue weighted by Gasteiger charge is 1.98. The highest BCUT2D eigenvalue weighted by atomic mass is 35.5. The molecule has 18 heavy (non-hydrogen) atoms. The summed E-state index contributed by atoms with van der Waals surface area (Å²) in [6.45, 7) is 0. The van der Waals surface area contributed by atoms with Crippen molar-refractivity contribution < 1.29 is 14.7 Å². The first-order valence-electron chi connectivity index (χ1n) is 5.03. The lowest BCUT2D eigenvalue weighted by atomic mass is 10.3. The van der Waals surface area contributed by atoms with Crippen molar-refractivity contribution in [2.45, 2.75) is 12.8 Å². The van der Waals surface area contributed by atoms with Crippen LogP contribution >= 0.6 is 34.3 Å². The number of carbonyl (C=O) groups excluding carboxylic acids is 1. The lowest BCUT2D eigenvalue weighted by Crippen LogP contribution is -1.96. The summed E-state index contributed by atoms with van der Waals surface area (Å²) in [4.78, 5) is 22.3. The van der Waals surface area contributed by atoms with Gasteiger partial charge in [0.25, 0.3) is 0 Å². The molecule has 0 unspecified atom stereocenters. The first kappa shape index (κ1) is 14.9. The van der Waals surface area contributed by atoms with Gasteiger partial charge in [0.1, 0.15) is 0 Å². The van der Waals surface area contributed by atoms with E-state index in [9.17, 15) is 9.59 Å². The molecule has 96 valence electrons. The van der Waals surface area contributed by atoms with Crippen LogP contribution in [0.15, 0.2) is 35.0 Å². The van der Waals surface area contributed by atoms with E-state index in [0.29, 0.717) is 6.42 Å². The molecule has 3 nitrogen and oxygen atoms in total. The van der Waals surface area contributed by atoms with Gasteiger partial charge in [-0.05, 0) is 34.5 Å². The van der Waals surface area contributed by atoms with E-state index in [0.717, 1.165) is 9.75 Å². The molecular weight excluding hydrogens is 292 g/mol. The van der Waals surface area contributed by atoms with Crippen LogP contribution in [0.3, 0.4) is 0 Å². The average molecular weight is 303 g/mol. The summed E-state index contributed by atoms with van der Waals surface area (Å²) in [5, 5.41) is 11.8. The van der Waals surface area contributed by atoms with Crippen molar-refractivity contribution in [2.75, 3.05) is 0 Å². The van der Waals surface area contributed by atoms with Crippen molar-refractivity contribution in [3.8, 4) is 0 Å². The van der Waals surface area contributed by atoms with Crippen molar-refractivity contribution in [1.82, 2.24) is 0 Å². The van der Waals surface area contributed by atoms with E-state index in [1.165, 1.54) is 11.3 Å². The number of carboxylic acid groups (broad SMARTS) is 1. The molecule has 0 saturated heterocycles. The van der Waals surface area contributed by atoms with Crippen molar-refractivity contribution in [3.05, 3.63) is 44.8 Å². The molecule has 6 heteroatoms. The molecule has 0 radical (unpaired) electrons. The Kier molecular flexibility index (Phi) is 6.64. The van der Waals surface area contributed by atoms with Gasteiger partial charge in [0, 0.05) is 9.75 Å². The molecule has 0 saturated carbocycles. The summed E-state index contributed by atoms with van der Waals surface area (Å²) in [6.07, 6.45) is 0.511. The predicted molar refractivity (Wildman–Crippen MR) is 74.5 cm³/mol. The Hall–Kier alpha value is -1.17. The van der Waals surface area contributed by atoms with E-state index in [4.69, 9.17) is 16.7 Å². The largest absolute Gasteiger partial charge is 0.481 e. The van der Waals surface area contributed by atoms with Gasteiger partial charge in [-0.1, -0.05) is 12.1 Å². The Morgan fingerprint density at radius 2 is 1.56 bits per heavy atom. The van der Waals surface area contributed by atoms with Gasteiger partial charge in [-0.15, -0.1) is 22.7 Å². The second-order valence-corrected chi connectivity index (χ2v) is 5.75. The normalized spacial score (nSPS) is 9.39. The van der Waals surface area contributed by atoms with Crippen molar-refractivity contribution in [3.63, 3.8) is 0 Å². The zero-order valence-electron chi connectivity index (χ0n) is 9.34. The second kappa shape index (κ2) is 8.02. The van der Waals surface area contributed by atoms with Gasteiger partial charge in [0.05, 0.1) is 12.8 Å². The van der Waals surface area contributed by atoms with Crippen LogP contribution in [0.5, 0.6) is 0 Å². The van der Waals surface area contributed by atoms with Gasteiger partial charge < -0.3 is 5.11 Å². The van der Waals surface area contributed by atoms with Crippen molar-refractivity contribution >= 4 is 45.5 Å². The minimum Gasteiger partial charge on any atom is -0.481 e. The Labute approximate surface area is 118 Å². The Balaban J connectivity index is 0.000000180. The van der Waals surface area contributed by atoms with Gasteiger partial charge in [0.2, 0.25) is 5.24 Å². The first-order chi connectivity index (χ1) is 8.58. The Morgan fingerprint density at radius 3 is 1.89 bits per heavy atom. The maximum Gasteiger partial charge on any atom is 0.308 e. The molecule has 0 atom stereocenters. The van der Waals surface area contributed by atoms with Crippen LogP contribution in [0.25, 0.3) is 0 Å². The Morgan fingerprint density at radius 1 is 1.06 bits per heavy atom. The SMILES string of the molecule is O=C(Cl)Cc1cccs1.O=C(O)Cc1cccs1. The van der Waals surface area contributed by atoms with Gasteiger partial charge in [-0.25, -0.2) is 0 Å². The molecule has 0 aliphatic rings. The predicted octanol–water partition coefficient (Wildman–Crippen LogP) is 3.43. The third kappa shape index (κ3) is 6.54. The van der Waals surface area contributed by atoms with Gasteiger partial charge in [-0.3, -0.25) is 9.59 Å². The van der Waals surface area contributed by atoms with Gasteiger partial charge >= 0.3 is 5.97 Å². The molecule has 2 rings (SSSR count). The number of carbonyl (C=O) groups is 2. The van der Waals surface area contributed by atoms with E-state index in [-0.39, 0.29) is 11.7 Å². The van der Waals surface area contributed by atoms with Crippen LogP contribution in [-0.2, 0) is 22.4 Å². The summed E-state index contributed by atoms with van der Waals surface area (Å²) >= 11 is 8.15. The zero-order valence-corrected chi connectivity index (χ0v) is 11.7. The molecule has 2 aromatic rings. The van der Waals surface area contributed by atoms with E-state index in [1.54, 1.807) is 11.3 Å². The van der Waals surface area contributed by atoms with Gasteiger partial charge in [-0.2, -0.15) is 0 Å². The monoisotopic (exact) mass is 302 g/mol. The number of halogens is 1. The molecule has 0 fully saturated rings. The lowest BCUT2D eigenvalue weighted by Gasteiger charge is -1.85. The van der Waals surface area contributed by atoms with E-state index >= 15 is 0 Å². The van der Waals surface area contributed by atoms with Crippen LogP contribution in [0.2, 0.25) is 0 Å². The summed E-state index contributed by atoms with van der Waals surface area (Å²) < 4.78 is 0. The summed E-state index contributed by atoms with van der Waals surface area (Å²) in [5.74, 6) is -0.766. The third-order valence-corrected chi connectivity index (χ3v) is 3.69. The standard InChI is InChI=1S/C6H5ClOS.C6H6O2S/c2*7-6(8)4-5-2-1-3-9-5/h1-3H,4H2;1-3H,4H2,(H,7,8). The smallest absolute Gasteiger partial charge is 0.308 e. The van der Waals surface area contributed by atoms with Crippen molar-refractivity contribution in [1.29, 1.82) is 0 Å². The molecule has 0 spiro atoms. The number of rotatable bonds is 4. The number of aliphatic carboxylic acids is 1. The molecule has 1 N–H and O–H groups in total. The maximum atomic E-state index is 10.3. The quantitative estimate of drug-likeness (QED) is 0.880. The van der Waals surface area contributed by atoms with Crippen LogP contribution in [0.1, 0.15) is 9.75 Å². The molecule has 0 bridgehead atoms. The molecule has 2 heterocycles. The van der Waals surface area contributed by atoms with Gasteiger partial charge in [0.15, 0.2) is 0 Å². The van der Waals surface area contributed by atoms with E-state index in [1.807, 2.05) is 35.0 Å². The molecule has 0 aliphatic heterocycles. The maximum absolute atomic E-state index is 10.3. The van der Waals surface area contributed by atoms with Crippen LogP contribution in [0, 0.1) is 0 Å². The molecule has 0 aromatic carbocycles. The second-order valence-electron chi connectivity index (χ2n) is 3.26. The fourth-order valence-electron chi connectivity index (χ4n) is 1.11. The molecular formula is C12H11ClO3S2. The number of carboxylic acids is 1. The molecule has 0 aliphatic carbocycles. The minimum absolute atomic E-state index is 0.150. The van der Waals surface area contributed by atoms with Crippen LogP contribution in [-0.4, -0.2) is 16.3 Å². The first-order valence-corrected chi connectivity index (χ1v) is 7.16.